The second-order valence-electron chi connectivity index (χ2n) is 2.80. The first-order valence-electron chi connectivity index (χ1n) is 4.15. The zero-order chi connectivity index (χ0) is 8.97. The average molecular weight is 166 g/mol. The van der Waals surface area contributed by atoms with Crippen molar-refractivity contribution >= 4 is 0 Å². The van der Waals surface area contributed by atoms with E-state index in [-0.39, 0.29) is 6.61 Å². The first-order chi connectivity index (χ1) is 5.77. The lowest BCUT2D eigenvalue weighted by Crippen LogP contribution is -2.02. The molecule has 0 amide bonds. The molecule has 1 aromatic carbocycles. The molecule has 0 aliphatic rings. The second-order valence-corrected chi connectivity index (χ2v) is 2.80. The Bertz CT molecular complexity index is 245. The van der Waals surface area contributed by atoms with Gasteiger partial charge >= 0.3 is 0 Å². The number of rotatable bonds is 3. The lowest BCUT2D eigenvalue weighted by Gasteiger charge is -2.08. The van der Waals surface area contributed by atoms with E-state index in [0.29, 0.717) is 0 Å². The minimum atomic E-state index is -0.739. The molecule has 1 rings (SSSR count). The van der Waals surface area contributed by atoms with Crippen molar-refractivity contribution in [1.82, 2.24) is 0 Å². The topological polar surface area (TPSA) is 40.5 Å². The minimum absolute atomic E-state index is 0.215. The number of aryl methyl sites for hydroxylation is 1. The van der Waals surface area contributed by atoms with E-state index >= 15 is 0 Å². The van der Waals surface area contributed by atoms with Crippen LogP contribution in [0.3, 0.4) is 0 Å². The Kier molecular flexibility index (Phi) is 3.26. The molecule has 0 radical (unpaired) electrons. The van der Waals surface area contributed by atoms with Gasteiger partial charge in [0.2, 0.25) is 0 Å². The summed E-state index contributed by atoms with van der Waals surface area (Å²) in [4.78, 5) is 0. The van der Waals surface area contributed by atoms with E-state index in [1.54, 1.807) is 0 Å². The molecule has 1 aromatic rings. The predicted octanol–water partition coefficient (Wildman–Crippen LogP) is 1.27. The van der Waals surface area contributed by atoms with Gasteiger partial charge in [-0.05, 0) is 17.5 Å². The number of hydrogen-bond donors (Lipinski definition) is 2. The summed E-state index contributed by atoms with van der Waals surface area (Å²) in [6.45, 7) is 1.84. The van der Waals surface area contributed by atoms with E-state index in [0.717, 1.165) is 12.0 Å². The highest BCUT2D eigenvalue weighted by Gasteiger charge is 2.04. The summed E-state index contributed by atoms with van der Waals surface area (Å²) in [7, 11) is 0. The fraction of sp³-hybridized carbons (Fsp3) is 0.400. The van der Waals surface area contributed by atoms with Crippen molar-refractivity contribution in [2.75, 3.05) is 6.61 Å². The number of benzene rings is 1. The molecular formula is C10H14O2. The Morgan fingerprint density at radius 2 is 2.17 bits per heavy atom. The van der Waals surface area contributed by atoms with E-state index in [1.165, 1.54) is 5.56 Å². The van der Waals surface area contributed by atoms with Crippen LogP contribution in [-0.2, 0) is 6.42 Å². The molecule has 0 fully saturated rings. The molecule has 1 atom stereocenters. The van der Waals surface area contributed by atoms with Crippen LogP contribution in [0, 0.1) is 0 Å². The largest absolute Gasteiger partial charge is 0.393 e. The third-order valence-electron chi connectivity index (χ3n) is 1.92. The van der Waals surface area contributed by atoms with Crippen molar-refractivity contribution in [3.8, 4) is 0 Å². The molecule has 2 heteroatoms. The molecule has 0 spiro atoms. The third-order valence-corrected chi connectivity index (χ3v) is 1.92. The van der Waals surface area contributed by atoms with Crippen molar-refractivity contribution in [2.45, 2.75) is 19.4 Å². The highest BCUT2D eigenvalue weighted by molar-refractivity contribution is 5.25. The Morgan fingerprint density at radius 1 is 1.42 bits per heavy atom. The van der Waals surface area contributed by atoms with E-state index in [2.05, 4.69) is 6.92 Å². The maximum Gasteiger partial charge on any atom is 0.102 e. The quantitative estimate of drug-likeness (QED) is 0.710. The summed E-state index contributed by atoms with van der Waals surface area (Å²) in [5, 5.41) is 18.0. The Morgan fingerprint density at radius 3 is 2.75 bits per heavy atom. The van der Waals surface area contributed by atoms with Gasteiger partial charge in [0.05, 0.1) is 6.61 Å². The summed E-state index contributed by atoms with van der Waals surface area (Å²) in [5.41, 5.74) is 1.97. The fourth-order valence-electron chi connectivity index (χ4n) is 1.13. The van der Waals surface area contributed by atoms with Crippen molar-refractivity contribution in [2.24, 2.45) is 0 Å². The molecule has 12 heavy (non-hydrogen) atoms. The van der Waals surface area contributed by atoms with Crippen molar-refractivity contribution in [3.05, 3.63) is 35.4 Å². The highest BCUT2D eigenvalue weighted by Crippen LogP contribution is 2.13. The van der Waals surface area contributed by atoms with Crippen molar-refractivity contribution < 1.29 is 10.2 Å². The van der Waals surface area contributed by atoms with Gasteiger partial charge in [-0.15, -0.1) is 0 Å². The maximum absolute atomic E-state index is 9.30. The van der Waals surface area contributed by atoms with E-state index in [9.17, 15) is 5.11 Å². The number of aliphatic hydroxyl groups is 2. The van der Waals surface area contributed by atoms with E-state index in [4.69, 9.17) is 5.11 Å². The fourth-order valence-corrected chi connectivity index (χ4v) is 1.13. The van der Waals surface area contributed by atoms with Crippen LogP contribution in [-0.4, -0.2) is 16.8 Å². The Labute approximate surface area is 72.5 Å². The maximum atomic E-state index is 9.30. The molecule has 0 heterocycles. The molecule has 0 aliphatic carbocycles. The first-order valence-corrected chi connectivity index (χ1v) is 4.15. The monoisotopic (exact) mass is 166 g/mol. The van der Waals surface area contributed by atoms with Gasteiger partial charge in [-0.25, -0.2) is 0 Å². The Balaban J connectivity index is 2.86. The molecule has 1 unspecified atom stereocenters. The standard InChI is InChI=1S/C10H14O2/c1-2-8-4-3-5-9(6-8)10(12)7-11/h3-6,10-12H,2,7H2,1H3. The van der Waals surface area contributed by atoms with Crippen LogP contribution in [0.4, 0.5) is 0 Å². The third kappa shape index (κ3) is 2.06. The summed E-state index contributed by atoms with van der Waals surface area (Å²) < 4.78 is 0. The van der Waals surface area contributed by atoms with Gasteiger partial charge in [0.15, 0.2) is 0 Å². The SMILES string of the molecule is CCc1cccc(C(O)CO)c1. The molecule has 2 nitrogen and oxygen atoms in total. The lowest BCUT2D eigenvalue weighted by molar-refractivity contribution is 0.0955. The van der Waals surface area contributed by atoms with Crippen LogP contribution >= 0.6 is 0 Å². The van der Waals surface area contributed by atoms with Crippen LogP contribution in [0.25, 0.3) is 0 Å². The van der Waals surface area contributed by atoms with Gasteiger partial charge in [0, 0.05) is 0 Å². The first kappa shape index (κ1) is 9.23. The molecule has 0 saturated carbocycles. The van der Waals surface area contributed by atoms with Gasteiger partial charge in [0.1, 0.15) is 6.10 Å². The zero-order valence-corrected chi connectivity index (χ0v) is 7.20. The number of aliphatic hydroxyl groups excluding tert-OH is 2. The predicted molar refractivity (Wildman–Crippen MR) is 47.9 cm³/mol. The van der Waals surface area contributed by atoms with Gasteiger partial charge in [-0.3, -0.25) is 0 Å². The lowest BCUT2D eigenvalue weighted by atomic mass is 10.1. The minimum Gasteiger partial charge on any atom is -0.393 e. The van der Waals surface area contributed by atoms with Crippen LogP contribution < -0.4 is 0 Å². The summed E-state index contributed by atoms with van der Waals surface area (Å²) >= 11 is 0. The van der Waals surface area contributed by atoms with Gasteiger partial charge in [0.25, 0.3) is 0 Å². The van der Waals surface area contributed by atoms with Gasteiger partial charge in [-0.1, -0.05) is 31.2 Å². The molecule has 0 aliphatic heterocycles. The normalized spacial score (nSPS) is 12.9. The summed E-state index contributed by atoms with van der Waals surface area (Å²) in [6.07, 6.45) is 0.211. The molecule has 0 bridgehead atoms. The van der Waals surface area contributed by atoms with E-state index in [1.807, 2.05) is 24.3 Å². The van der Waals surface area contributed by atoms with Gasteiger partial charge in [-0.2, -0.15) is 0 Å². The second kappa shape index (κ2) is 4.24. The molecule has 2 N–H and O–H groups in total. The molecular weight excluding hydrogens is 152 g/mol. The van der Waals surface area contributed by atoms with Gasteiger partial charge < -0.3 is 10.2 Å². The summed E-state index contributed by atoms with van der Waals surface area (Å²) in [5.74, 6) is 0. The van der Waals surface area contributed by atoms with Crippen LogP contribution in [0.15, 0.2) is 24.3 Å². The van der Waals surface area contributed by atoms with Crippen molar-refractivity contribution in [3.63, 3.8) is 0 Å². The number of hydrogen-bond acceptors (Lipinski definition) is 2. The van der Waals surface area contributed by atoms with Crippen LogP contribution in [0.1, 0.15) is 24.2 Å². The van der Waals surface area contributed by atoms with Crippen molar-refractivity contribution in [1.29, 1.82) is 0 Å². The average Bonchev–Trinajstić information content (AvgIpc) is 2.17. The van der Waals surface area contributed by atoms with Crippen LogP contribution in [0.2, 0.25) is 0 Å². The smallest absolute Gasteiger partial charge is 0.102 e. The van der Waals surface area contributed by atoms with Crippen LogP contribution in [0.5, 0.6) is 0 Å². The molecule has 66 valence electrons. The van der Waals surface area contributed by atoms with E-state index < -0.39 is 6.10 Å². The molecule has 0 aromatic heterocycles. The Hall–Kier alpha value is -0.860. The molecule has 0 saturated heterocycles. The highest BCUT2D eigenvalue weighted by atomic mass is 16.3. The zero-order valence-electron chi connectivity index (χ0n) is 7.20. The summed E-state index contributed by atoms with van der Waals surface area (Å²) in [6, 6.07) is 7.64.